The van der Waals surface area contributed by atoms with Gasteiger partial charge in [0.05, 0.1) is 19.8 Å². The van der Waals surface area contributed by atoms with Crippen LogP contribution >= 0.6 is 0 Å². The maximum absolute atomic E-state index is 11.8. The van der Waals surface area contributed by atoms with Gasteiger partial charge in [0, 0.05) is 23.6 Å². The lowest BCUT2D eigenvalue weighted by Crippen LogP contribution is -2.14. The topological polar surface area (TPSA) is 123 Å². The third kappa shape index (κ3) is 6.23. The molecule has 0 N–H and O–H groups in total. The van der Waals surface area contributed by atoms with Crippen molar-refractivity contribution < 1.29 is 23.8 Å². The van der Waals surface area contributed by atoms with Crippen LogP contribution in [0.4, 0.5) is 0 Å². The smallest absolute Gasteiger partial charge is 0.357 e. The summed E-state index contributed by atoms with van der Waals surface area (Å²) in [5, 5.41) is 3.38. The molecule has 0 fully saturated rings. The fraction of sp³-hybridized carbons (Fsp3) is 0.500. The van der Waals surface area contributed by atoms with Gasteiger partial charge in [0.1, 0.15) is 5.75 Å². The summed E-state index contributed by atoms with van der Waals surface area (Å²) in [5.41, 5.74) is 8.11. The predicted molar refractivity (Wildman–Crippen MR) is 80.3 cm³/mol. The van der Waals surface area contributed by atoms with Crippen molar-refractivity contribution in [3.05, 3.63) is 34.0 Å². The Hall–Kier alpha value is -2.80. The average Bonchev–Trinajstić information content (AvgIpc) is 2.55. The van der Waals surface area contributed by atoms with Crippen LogP contribution < -0.4 is 4.74 Å². The molecule has 1 aromatic rings. The largest absolute Gasteiger partial charge is 0.493 e. The molecule has 1 rings (SSSR count). The quantitative estimate of drug-likeness (QED) is 0.226. The lowest BCUT2D eigenvalue weighted by Gasteiger charge is -2.09. The Morgan fingerprint density at radius 2 is 1.74 bits per heavy atom. The molecule has 9 heteroatoms. The molecule has 0 saturated heterocycles. The van der Waals surface area contributed by atoms with Crippen molar-refractivity contribution in [1.82, 2.24) is 4.98 Å². The van der Waals surface area contributed by atoms with Gasteiger partial charge in [0.15, 0.2) is 11.4 Å². The van der Waals surface area contributed by atoms with Gasteiger partial charge in [0.25, 0.3) is 0 Å². The highest BCUT2D eigenvalue weighted by molar-refractivity contribution is 5.92. The summed E-state index contributed by atoms with van der Waals surface area (Å²) < 4.78 is 15.2. The number of carbonyl (C=O) groups excluding carboxylic acids is 2. The summed E-state index contributed by atoms with van der Waals surface area (Å²) >= 11 is 0. The number of nitrogens with zero attached hydrogens (tertiary/aromatic N) is 4. The first kappa shape index (κ1) is 18.2. The molecule has 9 nitrogen and oxygen atoms in total. The molecule has 0 spiro atoms. The van der Waals surface area contributed by atoms with E-state index in [4.69, 9.17) is 19.7 Å². The second kappa shape index (κ2) is 10.0. The minimum absolute atomic E-state index is 0.0394. The van der Waals surface area contributed by atoms with Gasteiger partial charge in [-0.2, -0.15) is 0 Å². The SMILES string of the molecule is CCOC(=O)c1cc(OCCCN=[N+]=[N-])cc(C(=O)OCC)n1. The molecular formula is C14H18N4O5. The van der Waals surface area contributed by atoms with Crippen molar-refractivity contribution in [3.63, 3.8) is 0 Å². The Balaban J connectivity index is 2.91. The number of hydrogen-bond acceptors (Lipinski definition) is 7. The van der Waals surface area contributed by atoms with Crippen LogP contribution in [0.3, 0.4) is 0 Å². The monoisotopic (exact) mass is 322 g/mol. The number of azide groups is 1. The van der Waals surface area contributed by atoms with E-state index in [0.717, 1.165) is 0 Å². The summed E-state index contributed by atoms with van der Waals surface area (Å²) in [5.74, 6) is -1.03. The lowest BCUT2D eigenvalue weighted by atomic mass is 10.2. The van der Waals surface area contributed by atoms with Crippen molar-refractivity contribution in [3.8, 4) is 5.75 Å². The van der Waals surface area contributed by atoms with Gasteiger partial charge in [-0.25, -0.2) is 14.6 Å². The molecule has 0 aliphatic rings. The third-order valence-corrected chi connectivity index (χ3v) is 2.50. The summed E-state index contributed by atoms with van der Waals surface area (Å²) in [6.07, 6.45) is 0.496. The second-order valence-corrected chi connectivity index (χ2v) is 4.17. The van der Waals surface area contributed by atoms with Gasteiger partial charge >= 0.3 is 11.9 Å². The number of carbonyl (C=O) groups is 2. The summed E-state index contributed by atoms with van der Waals surface area (Å²) in [6.45, 7) is 4.25. The lowest BCUT2D eigenvalue weighted by molar-refractivity contribution is 0.0510. The van der Waals surface area contributed by atoms with Crippen molar-refractivity contribution in [1.29, 1.82) is 0 Å². The first-order chi connectivity index (χ1) is 11.1. The van der Waals surface area contributed by atoms with Crippen LogP contribution in [-0.4, -0.2) is 43.3 Å². The second-order valence-electron chi connectivity index (χ2n) is 4.17. The molecule has 0 bridgehead atoms. The minimum atomic E-state index is -0.655. The van der Waals surface area contributed by atoms with E-state index in [1.54, 1.807) is 13.8 Å². The Morgan fingerprint density at radius 1 is 1.17 bits per heavy atom. The maximum Gasteiger partial charge on any atom is 0.357 e. The molecule has 0 amide bonds. The number of pyridine rings is 1. The fourth-order valence-electron chi connectivity index (χ4n) is 1.58. The van der Waals surface area contributed by atoms with E-state index in [2.05, 4.69) is 15.0 Å². The molecule has 1 aromatic heterocycles. The van der Waals surface area contributed by atoms with Gasteiger partial charge < -0.3 is 14.2 Å². The van der Waals surface area contributed by atoms with Crippen molar-refractivity contribution in [2.24, 2.45) is 5.11 Å². The highest BCUT2D eigenvalue weighted by Crippen LogP contribution is 2.16. The zero-order chi connectivity index (χ0) is 17.1. The normalized spacial score (nSPS) is 9.65. The number of aromatic nitrogens is 1. The highest BCUT2D eigenvalue weighted by atomic mass is 16.5. The Morgan fingerprint density at radius 3 is 2.22 bits per heavy atom. The van der Waals surface area contributed by atoms with Gasteiger partial charge in [-0.15, -0.1) is 0 Å². The zero-order valence-corrected chi connectivity index (χ0v) is 13.0. The summed E-state index contributed by atoms with van der Waals surface area (Å²) in [4.78, 5) is 30.2. The first-order valence-corrected chi connectivity index (χ1v) is 7.12. The van der Waals surface area contributed by atoms with E-state index in [0.29, 0.717) is 6.42 Å². The Labute approximate surface area is 133 Å². The summed E-state index contributed by atoms with van der Waals surface area (Å²) in [6, 6.07) is 2.77. The van der Waals surface area contributed by atoms with Crippen LogP contribution in [0.15, 0.2) is 17.2 Å². The highest BCUT2D eigenvalue weighted by Gasteiger charge is 2.17. The molecule has 124 valence electrons. The van der Waals surface area contributed by atoms with Crippen LogP contribution in [0.2, 0.25) is 0 Å². The van der Waals surface area contributed by atoms with Gasteiger partial charge in [-0.05, 0) is 25.8 Å². The number of ether oxygens (including phenoxy) is 3. The minimum Gasteiger partial charge on any atom is -0.493 e. The van der Waals surface area contributed by atoms with Crippen molar-refractivity contribution in [2.75, 3.05) is 26.4 Å². The van der Waals surface area contributed by atoms with E-state index in [1.807, 2.05) is 0 Å². The van der Waals surface area contributed by atoms with Crippen LogP contribution in [0.1, 0.15) is 41.2 Å². The standard InChI is InChI=1S/C14H18N4O5/c1-3-21-13(19)11-8-10(23-7-5-6-16-18-15)9-12(17-11)14(20)22-4-2/h8-9H,3-7H2,1-2H3. The molecular weight excluding hydrogens is 304 g/mol. The average molecular weight is 322 g/mol. The first-order valence-electron chi connectivity index (χ1n) is 7.12. The van der Waals surface area contributed by atoms with Gasteiger partial charge in [0.2, 0.25) is 0 Å². The van der Waals surface area contributed by atoms with E-state index in [-0.39, 0.29) is 43.5 Å². The van der Waals surface area contributed by atoms with E-state index < -0.39 is 11.9 Å². The van der Waals surface area contributed by atoms with E-state index in [9.17, 15) is 9.59 Å². The Kier molecular flexibility index (Phi) is 7.95. The molecule has 1 heterocycles. The molecule has 23 heavy (non-hydrogen) atoms. The number of rotatable bonds is 9. The van der Waals surface area contributed by atoms with E-state index >= 15 is 0 Å². The van der Waals surface area contributed by atoms with Crippen molar-refractivity contribution >= 4 is 11.9 Å². The van der Waals surface area contributed by atoms with Crippen LogP contribution in [-0.2, 0) is 9.47 Å². The molecule has 0 aliphatic heterocycles. The molecule has 0 atom stereocenters. The number of esters is 2. The molecule has 0 aromatic carbocycles. The Bertz CT molecular complexity index is 563. The van der Waals surface area contributed by atoms with E-state index in [1.165, 1.54) is 12.1 Å². The fourth-order valence-corrected chi connectivity index (χ4v) is 1.58. The van der Waals surface area contributed by atoms with Crippen LogP contribution in [0, 0.1) is 0 Å². The van der Waals surface area contributed by atoms with Crippen molar-refractivity contribution in [2.45, 2.75) is 20.3 Å². The maximum atomic E-state index is 11.8. The number of hydrogen-bond donors (Lipinski definition) is 0. The van der Waals surface area contributed by atoms with Gasteiger partial charge in [-0.3, -0.25) is 0 Å². The zero-order valence-electron chi connectivity index (χ0n) is 13.0. The van der Waals surface area contributed by atoms with Crippen LogP contribution in [0.5, 0.6) is 5.75 Å². The summed E-state index contributed by atoms with van der Waals surface area (Å²) in [7, 11) is 0. The van der Waals surface area contributed by atoms with Crippen LogP contribution in [0.25, 0.3) is 10.4 Å². The third-order valence-electron chi connectivity index (χ3n) is 2.50. The van der Waals surface area contributed by atoms with Gasteiger partial charge in [-0.1, -0.05) is 5.11 Å². The molecule has 0 saturated carbocycles. The molecule has 0 unspecified atom stereocenters. The predicted octanol–water partition coefficient (Wildman–Crippen LogP) is 2.51. The molecule has 0 radical (unpaired) electrons. The molecule has 0 aliphatic carbocycles.